The molecule has 0 saturated heterocycles. The van der Waals surface area contributed by atoms with Gasteiger partial charge in [0.25, 0.3) is 0 Å². The first-order valence-electron chi connectivity index (χ1n) is 11.7. The molecule has 0 saturated carbocycles. The molecule has 0 fully saturated rings. The second-order valence-electron chi connectivity index (χ2n) is 7.81. The Balaban J connectivity index is 1.94. The third-order valence-corrected chi connectivity index (χ3v) is 7.37. The maximum atomic E-state index is 6.81. The van der Waals surface area contributed by atoms with Gasteiger partial charge in [-0.2, -0.15) is 0 Å². The van der Waals surface area contributed by atoms with Gasteiger partial charge in [-0.1, -0.05) is 0 Å². The predicted molar refractivity (Wildman–Crippen MR) is 141 cm³/mol. The van der Waals surface area contributed by atoms with E-state index in [-0.39, 0.29) is 25.4 Å². The van der Waals surface area contributed by atoms with Gasteiger partial charge in [-0.15, -0.1) is 0 Å². The van der Waals surface area contributed by atoms with E-state index in [1.54, 1.807) is 0 Å². The Hall–Kier alpha value is -1.94. The standard InChI is InChI=1S/C27H32B2O4P/c1-3-32-34(29,33-4-2)22-30-26(20-28)21-31-27(23-14-8-5-9-15-23,24-16-10-6-11-17-24)25-18-12-7-13-19-25/h5-19,26H,3-4,20-22H2,1-2H3/t26-/m0/s1. The van der Waals surface area contributed by atoms with Gasteiger partial charge < -0.3 is 0 Å². The molecule has 0 N–H and O–H groups in total. The normalized spacial score (nSPS) is 13.0. The van der Waals surface area contributed by atoms with Crippen LogP contribution in [-0.4, -0.2) is 47.3 Å². The summed E-state index contributed by atoms with van der Waals surface area (Å²) in [6, 6.07) is 30.6. The second kappa shape index (κ2) is 13.2. The van der Waals surface area contributed by atoms with Crippen LogP contribution in [0.2, 0.25) is 6.32 Å². The van der Waals surface area contributed by atoms with E-state index in [9.17, 15) is 0 Å². The third-order valence-electron chi connectivity index (χ3n) is 5.48. The molecule has 0 aliphatic rings. The first-order chi connectivity index (χ1) is 16.6. The molecule has 34 heavy (non-hydrogen) atoms. The summed E-state index contributed by atoms with van der Waals surface area (Å²) in [4.78, 5) is 0. The van der Waals surface area contributed by atoms with Crippen molar-refractivity contribution in [3.8, 4) is 0 Å². The Morgan fingerprint density at radius 3 is 1.50 bits per heavy atom. The van der Waals surface area contributed by atoms with E-state index < -0.39 is 12.8 Å². The molecule has 3 aromatic rings. The molecule has 3 aromatic carbocycles. The topological polar surface area (TPSA) is 36.9 Å². The molecule has 0 aromatic heterocycles. The van der Waals surface area contributed by atoms with Crippen LogP contribution in [0.1, 0.15) is 30.5 Å². The van der Waals surface area contributed by atoms with Crippen LogP contribution < -0.4 is 0 Å². The van der Waals surface area contributed by atoms with Crippen LogP contribution in [0.3, 0.4) is 0 Å². The molecular formula is C27H32B2O4P. The molecule has 1 atom stereocenters. The van der Waals surface area contributed by atoms with Crippen LogP contribution in [0.4, 0.5) is 0 Å². The zero-order valence-corrected chi connectivity index (χ0v) is 20.9. The monoisotopic (exact) mass is 473 g/mol. The number of hydrogen-bond acceptors (Lipinski definition) is 4. The maximum absolute atomic E-state index is 6.81. The molecule has 0 heterocycles. The predicted octanol–water partition coefficient (Wildman–Crippen LogP) is 5.93. The van der Waals surface area contributed by atoms with Crippen LogP contribution in [0.5, 0.6) is 0 Å². The summed E-state index contributed by atoms with van der Waals surface area (Å²) in [6.45, 7) is 4.94. The first kappa shape index (κ1) is 26.7. The molecule has 3 radical (unpaired) electrons. The Morgan fingerprint density at radius 2 is 1.15 bits per heavy atom. The fourth-order valence-electron chi connectivity index (χ4n) is 3.93. The van der Waals surface area contributed by atoms with E-state index in [2.05, 4.69) is 36.4 Å². The first-order valence-corrected chi connectivity index (χ1v) is 13.5. The van der Waals surface area contributed by atoms with Crippen molar-refractivity contribution in [3.63, 3.8) is 0 Å². The summed E-state index contributed by atoms with van der Waals surface area (Å²) in [5, 5.41) is 0. The Labute approximate surface area is 206 Å². The van der Waals surface area contributed by atoms with Gasteiger partial charge in [-0.3, -0.25) is 0 Å². The minimum absolute atomic E-state index is 0.148. The van der Waals surface area contributed by atoms with E-state index >= 15 is 0 Å². The van der Waals surface area contributed by atoms with Crippen molar-refractivity contribution in [1.29, 1.82) is 0 Å². The van der Waals surface area contributed by atoms with Crippen LogP contribution in [-0.2, 0) is 24.1 Å². The van der Waals surface area contributed by atoms with Crippen LogP contribution in [0.25, 0.3) is 0 Å². The van der Waals surface area contributed by atoms with Crippen molar-refractivity contribution >= 4 is 22.2 Å². The third kappa shape index (κ3) is 6.59. The summed E-state index contributed by atoms with van der Waals surface area (Å²) in [6.07, 6.45) is 0.0288. The van der Waals surface area contributed by atoms with Crippen molar-refractivity contribution in [1.82, 2.24) is 0 Å². The molecule has 0 spiro atoms. The summed E-state index contributed by atoms with van der Waals surface area (Å²) in [5.41, 5.74) is 2.22. The summed E-state index contributed by atoms with van der Waals surface area (Å²) < 4.78 is 24.3. The molecule has 3 rings (SSSR count). The average molecular weight is 473 g/mol. The van der Waals surface area contributed by atoms with E-state index in [0.29, 0.717) is 13.2 Å². The Kier molecular flexibility index (Phi) is 10.4. The zero-order valence-electron chi connectivity index (χ0n) is 20.0. The van der Waals surface area contributed by atoms with Crippen molar-refractivity contribution in [2.45, 2.75) is 31.9 Å². The molecule has 0 amide bonds. The van der Waals surface area contributed by atoms with Gasteiger partial charge in [-0.25, -0.2) is 0 Å². The van der Waals surface area contributed by atoms with Crippen LogP contribution in [0.15, 0.2) is 91.0 Å². The van der Waals surface area contributed by atoms with Gasteiger partial charge >= 0.3 is 206 Å². The summed E-state index contributed by atoms with van der Waals surface area (Å²) in [7, 11) is 9.81. The summed E-state index contributed by atoms with van der Waals surface area (Å²) in [5.74, 6) is 0. The van der Waals surface area contributed by atoms with Gasteiger partial charge in [0.15, 0.2) is 0 Å². The molecule has 0 unspecified atom stereocenters. The van der Waals surface area contributed by atoms with E-state index in [0.717, 1.165) is 16.7 Å². The van der Waals surface area contributed by atoms with Crippen molar-refractivity contribution in [3.05, 3.63) is 108 Å². The molecule has 0 bridgehead atoms. The molecule has 0 aliphatic carbocycles. The van der Waals surface area contributed by atoms with Crippen molar-refractivity contribution < 1.29 is 18.5 Å². The SMILES string of the molecule is [B]C[C@@H](COC(c1ccccc1)(c1ccccc1)c1ccccc1)OCP(=[B])(OCC)OCC. The molecule has 4 nitrogen and oxygen atoms in total. The van der Waals surface area contributed by atoms with Crippen LogP contribution in [0, 0.1) is 0 Å². The molecule has 0 aliphatic heterocycles. The number of hydrogen-bond donors (Lipinski definition) is 0. The molecular weight excluding hydrogens is 441 g/mol. The zero-order chi connectivity index (χ0) is 24.3. The Morgan fingerprint density at radius 1 is 0.735 bits per heavy atom. The van der Waals surface area contributed by atoms with Crippen molar-refractivity contribution in [2.75, 3.05) is 26.2 Å². The van der Waals surface area contributed by atoms with E-state index in [4.69, 9.17) is 33.6 Å². The van der Waals surface area contributed by atoms with Gasteiger partial charge in [0, 0.05) is 0 Å². The second-order valence-corrected chi connectivity index (χ2v) is 10.0. The quantitative estimate of drug-likeness (QED) is 0.165. The van der Waals surface area contributed by atoms with Crippen LogP contribution >= 0.6 is 7.21 Å². The minimum atomic E-state index is -2.61. The van der Waals surface area contributed by atoms with E-state index in [1.165, 1.54) is 0 Å². The van der Waals surface area contributed by atoms with Crippen molar-refractivity contribution in [2.24, 2.45) is 0 Å². The number of ether oxygens (including phenoxy) is 2. The number of benzene rings is 3. The average Bonchev–Trinajstić information content (AvgIpc) is 2.88. The van der Waals surface area contributed by atoms with Gasteiger partial charge in [0.05, 0.1) is 0 Å². The molecule has 175 valence electrons. The number of rotatable bonds is 14. The van der Waals surface area contributed by atoms with E-state index in [1.807, 2.05) is 68.4 Å². The Bertz CT molecular complexity index is 912. The van der Waals surface area contributed by atoms with Gasteiger partial charge in [0.2, 0.25) is 0 Å². The molecule has 7 heteroatoms. The van der Waals surface area contributed by atoms with Gasteiger partial charge in [-0.05, 0) is 0 Å². The fraction of sp³-hybridized carbons (Fsp3) is 0.333. The summed E-state index contributed by atoms with van der Waals surface area (Å²) >= 11 is 0. The van der Waals surface area contributed by atoms with Gasteiger partial charge in [0.1, 0.15) is 0 Å². The fourth-order valence-corrected chi connectivity index (χ4v) is 5.45.